The molecular weight excluding hydrogens is 308 g/mol. The normalized spacial score (nSPS) is 22.8. The molecule has 0 spiro atoms. The molecule has 2 N–H and O–H groups in total. The molecule has 0 atom stereocenters. The minimum Gasteiger partial charge on any atom is -0.328 e. The van der Waals surface area contributed by atoms with Gasteiger partial charge in [0.2, 0.25) is 0 Å². The molecule has 1 aliphatic rings. The van der Waals surface area contributed by atoms with Crippen molar-refractivity contribution in [1.29, 1.82) is 0 Å². The summed E-state index contributed by atoms with van der Waals surface area (Å²) in [6, 6.07) is 6.71. The first-order valence-electron chi connectivity index (χ1n) is 6.11. The van der Waals surface area contributed by atoms with E-state index in [-0.39, 0.29) is 0 Å². The lowest BCUT2D eigenvalue weighted by molar-refractivity contribution is 0.351. The van der Waals surface area contributed by atoms with Gasteiger partial charge in [-0.15, -0.1) is 11.3 Å². The summed E-state index contributed by atoms with van der Waals surface area (Å²) in [5.41, 5.74) is 9.41. The maximum atomic E-state index is 5.84. The summed E-state index contributed by atoms with van der Waals surface area (Å²) < 4.78 is 1.10. The lowest BCUT2D eigenvalue weighted by Gasteiger charge is -2.30. The Bertz CT molecular complexity index is 573. The predicted octanol–water partition coefficient (Wildman–Crippen LogP) is 4.09. The molecular formula is C14H15BrN2S. The first kappa shape index (κ1) is 12.3. The number of nitrogens with two attached hydrogens (primary N) is 1. The van der Waals surface area contributed by atoms with Gasteiger partial charge in [0.1, 0.15) is 0 Å². The summed E-state index contributed by atoms with van der Waals surface area (Å²) in [6.07, 6.45) is 2.18. The van der Waals surface area contributed by atoms with Crippen molar-refractivity contribution in [2.75, 3.05) is 0 Å². The monoisotopic (exact) mass is 322 g/mol. The van der Waals surface area contributed by atoms with Crippen molar-refractivity contribution in [1.82, 2.24) is 4.98 Å². The highest BCUT2D eigenvalue weighted by atomic mass is 79.9. The van der Waals surface area contributed by atoms with Gasteiger partial charge in [0.15, 0.2) is 0 Å². The molecule has 1 heterocycles. The first-order valence-corrected chi connectivity index (χ1v) is 7.78. The highest BCUT2D eigenvalue weighted by Crippen LogP contribution is 2.39. The van der Waals surface area contributed by atoms with Gasteiger partial charge in [-0.05, 0) is 37.5 Å². The molecule has 94 valence electrons. The zero-order chi connectivity index (χ0) is 12.7. The van der Waals surface area contributed by atoms with Crippen molar-refractivity contribution < 1.29 is 0 Å². The molecule has 18 heavy (non-hydrogen) atoms. The van der Waals surface area contributed by atoms with Gasteiger partial charge in [-0.25, -0.2) is 4.98 Å². The molecule has 0 amide bonds. The van der Waals surface area contributed by atoms with Gasteiger partial charge < -0.3 is 5.73 Å². The van der Waals surface area contributed by atoms with Crippen LogP contribution in [0.25, 0.3) is 11.3 Å². The van der Waals surface area contributed by atoms with Crippen LogP contribution in [0.4, 0.5) is 0 Å². The number of thiazole rings is 1. The second-order valence-electron chi connectivity index (χ2n) is 4.96. The Balaban J connectivity index is 1.90. The number of halogens is 1. The maximum absolute atomic E-state index is 5.84. The highest BCUT2D eigenvalue weighted by molar-refractivity contribution is 9.10. The van der Waals surface area contributed by atoms with Crippen LogP contribution in [0.1, 0.15) is 29.3 Å². The largest absolute Gasteiger partial charge is 0.328 e. The van der Waals surface area contributed by atoms with Crippen molar-refractivity contribution in [3.8, 4) is 11.3 Å². The van der Waals surface area contributed by atoms with E-state index in [1.807, 2.05) is 0 Å². The van der Waals surface area contributed by atoms with Gasteiger partial charge in [-0.3, -0.25) is 0 Å². The topological polar surface area (TPSA) is 38.9 Å². The van der Waals surface area contributed by atoms with Crippen molar-refractivity contribution >= 4 is 27.3 Å². The maximum Gasteiger partial charge on any atom is 0.0964 e. The van der Waals surface area contributed by atoms with E-state index in [2.05, 4.69) is 46.4 Å². The molecule has 3 rings (SSSR count). The van der Waals surface area contributed by atoms with E-state index in [9.17, 15) is 0 Å². The van der Waals surface area contributed by atoms with Crippen molar-refractivity contribution in [2.45, 2.75) is 31.7 Å². The molecule has 0 unspecified atom stereocenters. The minimum atomic E-state index is 0.384. The second-order valence-corrected chi connectivity index (χ2v) is 6.76. The van der Waals surface area contributed by atoms with Crippen LogP contribution in [-0.2, 0) is 0 Å². The van der Waals surface area contributed by atoms with Crippen LogP contribution in [0.5, 0.6) is 0 Å². The summed E-state index contributed by atoms with van der Waals surface area (Å²) in [6.45, 7) is 2.13. The van der Waals surface area contributed by atoms with Crippen LogP contribution in [-0.4, -0.2) is 11.0 Å². The fraction of sp³-hybridized carbons (Fsp3) is 0.357. The molecule has 0 aliphatic heterocycles. The number of rotatable bonds is 2. The van der Waals surface area contributed by atoms with Crippen molar-refractivity contribution in [3.05, 3.63) is 38.6 Å². The van der Waals surface area contributed by atoms with Gasteiger partial charge in [-0.2, -0.15) is 0 Å². The Morgan fingerprint density at radius 1 is 1.39 bits per heavy atom. The summed E-state index contributed by atoms with van der Waals surface area (Å²) in [7, 11) is 0. The van der Waals surface area contributed by atoms with Gasteiger partial charge in [0.25, 0.3) is 0 Å². The molecule has 0 radical (unpaired) electrons. The third-order valence-corrected chi connectivity index (χ3v) is 5.02. The molecule has 1 aromatic carbocycles. The fourth-order valence-corrected chi connectivity index (χ4v) is 3.64. The molecule has 0 saturated heterocycles. The summed E-state index contributed by atoms with van der Waals surface area (Å²) in [5, 5.41) is 3.40. The van der Waals surface area contributed by atoms with E-state index < -0.39 is 0 Å². The highest BCUT2D eigenvalue weighted by Gasteiger charge is 2.29. The molecule has 4 heteroatoms. The van der Waals surface area contributed by atoms with E-state index in [1.165, 1.54) is 16.1 Å². The Morgan fingerprint density at radius 2 is 2.17 bits per heavy atom. The van der Waals surface area contributed by atoms with Gasteiger partial charge >= 0.3 is 0 Å². The second kappa shape index (κ2) is 4.76. The van der Waals surface area contributed by atoms with E-state index >= 15 is 0 Å². The standard InChI is InChI=1S/C14H15BrN2S/c1-8-2-3-10(15)6-12(8)13-7-18-14(17-13)9-4-11(16)5-9/h2-3,6-7,9,11H,4-5,16H2,1H3. The predicted molar refractivity (Wildman–Crippen MR) is 79.9 cm³/mol. The van der Waals surface area contributed by atoms with Crippen molar-refractivity contribution in [3.63, 3.8) is 0 Å². The Kier molecular flexibility index (Phi) is 3.26. The summed E-state index contributed by atoms with van der Waals surface area (Å²) in [5.74, 6) is 0.589. The number of aromatic nitrogens is 1. The lowest BCUT2D eigenvalue weighted by atomic mass is 9.81. The van der Waals surface area contributed by atoms with Gasteiger partial charge in [-0.1, -0.05) is 22.0 Å². The van der Waals surface area contributed by atoms with E-state index in [0.29, 0.717) is 12.0 Å². The molecule has 1 fully saturated rings. The number of nitrogens with zero attached hydrogens (tertiary/aromatic N) is 1. The number of aryl methyl sites for hydroxylation is 1. The zero-order valence-corrected chi connectivity index (χ0v) is 12.6. The van der Waals surface area contributed by atoms with Crippen LogP contribution in [0.2, 0.25) is 0 Å². The van der Waals surface area contributed by atoms with E-state index in [4.69, 9.17) is 10.7 Å². The molecule has 1 saturated carbocycles. The van der Waals surface area contributed by atoms with Crippen LogP contribution >= 0.6 is 27.3 Å². The minimum absolute atomic E-state index is 0.384. The van der Waals surface area contributed by atoms with Crippen molar-refractivity contribution in [2.24, 2.45) is 5.73 Å². The number of hydrogen-bond donors (Lipinski definition) is 1. The van der Waals surface area contributed by atoms with Crippen LogP contribution in [0, 0.1) is 6.92 Å². The number of hydrogen-bond acceptors (Lipinski definition) is 3. The Morgan fingerprint density at radius 3 is 2.89 bits per heavy atom. The van der Waals surface area contributed by atoms with Gasteiger partial charge in [0, 0.05) is 27.4 Å². The summed E-state index contributed by atoms with van der Waals surface area (Å²) in [4.78, 5) is 4.78. The molecule has 1 aromatic heterocycles. The Labute approximate surface area is 119 Å². The quantitative estimate of drug-likeness (QED) is 0.904. The van der Waals surface area contributed by atoms with Gasteiger partial charge in [0.05, 0.1) is 10.7 Å². The molecule has 2 nitrogen and oxygen atoms in total. The number of benzene rings is 1. The smallest absolute Gasteiger partial charge is 0.0964 e. The van der Waals surface area contributed by atoms with E-state index in [0.717, 1.165) is 23.0 Å². The van der Waals surface area contributed by atoms with E-state index in [1.54, 1.807) is 11.3 Å². The van der Waals surface area contributed by atoms with Crippen LogP contribution in [0.3, 0.4) is 0 Å². The summed E-state index contributed by atoms with van der Waals surface area (Å²) >= 11 is 5.28. The Hall–Kier alpha value is -0.710. The third-order valence-electron chi connectivity index (χ3n) is 3.52. The average Bonchev–Trinajstić information content (AvgIpc) is 2.77. The van der Waals surface area contributed by atoms with Crippen LogP contribution < -0.4 is 5.73 Å². The van der Waals surface area contributed by atoms with Crippen LogP contribution in [0.15, 0.2) is 28.1 Å². The third kappa shape index (κ3) is 2.25. The zero-order valence-electron chi connectivity index (χ0n) is 10.2. The lowest BCUT2D eigenvalue weighted by Crippen LogP contribution is -2.34. The molecule has 1 aliphatic carbocycles. The fourth-order valence-electron chi connectivity index (χ4n) is 2.33. The average molecular weight is 323 g/mol. The first-order chi connectivity index (χ1) is 8.63. The molecule has 2 aromatic rings. The SMILES string of the molecule is Cc1ccc(Br)cc1-c1csc(C2CC(N)C2)n1. The molecule has 0 bridgehead atoms.